The standard InChI is InChI=1S/C16H23BrN4O4/c1-4-25-16(24)11-5-7-21(8-6-11)12(22)9-20(3)15(23)14-13(17)10(2)18-19-14/h11H,4-9H2,1-3H3,(H,18,19). The normalized spacial score (nSPS) is 15.1. The summed E-state index contributed by atoms with van der Waals surface area (Å²) in [4.78, 5) is 39.6. The Hall–Kier alpha value is -1.90. The molecule has 1 aliphatic heterocycles. The molecule has 0 atom stereocenters. The van der Waals surface area contributed by atoms with Crippen LogP contribution in [0, 0.1) is 12.8 Å². The number of halogens is 1. The van der Waals surface area contributed by atoms with E-state index >= 15 is 0 Å². The maximum absolute atomic E-state index is 12.4. The first-order valence-electron chi connectivity index (χ1n) is 8.25. The van der Waals surface area contributed by atoms with Gasteiger partial charge in [0.15, 0.2) is 5.69 Å². The number of ether oxygens (including phenoxy) is 1. The Bertz CT molecular complexity index is 653. The number of rotatable bonds is 5. The van der Waals surface area contributed by atoms with Gasteiger partial charge >= 0.3 is 5.97 Å². The summed E-state index contributed by atoms with van der Waals surface area (Å²) in [5.41, 5.74) is 1.01. The first kappa shape index (κ1) is 19.4. The predicted molar refractivity (Wildman–Crippen MR) is 93.9 cm³/mol. The number of hydrogen-bond acceptors (Lipinski definition) is 5. The third-order valence-electron chi connectivity index (χ3n) is 4.26. The van der Waals surface area contributed by atoms with Crippen LogP contribution < -0.4 is 0 Å². The number of piperidine rings is 1. The average Bonchev–Trinajstić information content (AvgIpc) is 2.93. The molecule has 0 bridgehead atoms. The maximum Gasteiger partial charge on any atom is 0.309 e. The fourth-order valence-electron chi connectivity index (χ4n) is 2.74. The Labute approximate surface area is 155 Å². The second-order valence-electron chi connectivity index (χ2n) is 6.08. The minimum atomic E-state index is -0.328. The van der Waals surface area contributed by atoms with Gasteiger partial charge in [0.05, 0.1) is 23.5 Å². The molecule has 2 heterocycles. The van der Waals surface area contributed by atoms with Gasteiger partial charge < -0.3 is 14.5 Å². The van der Waals surface area contributed by atoms with Crippen molar-refractivity contribution in [2.75, 3.05) is 33.3 Å². The van der Waals surface area contributed by atoms with Crippen molar-refractivity contribution in [1.29, 1.82) is 0 Å². The molecule has 0 spiro atoms. The van der Waals surface area contributed by atoms with Crippen molar-refractivity contribution >= 4 is 33.7 Å². The molecule has 1 N–H and O–H groups in total. The van der Waals surface area contributed by atoms with Gasteiger partial charge in [0.1, 0.15) is 0 Å². The summed E-state index contributed by atoms with van der Waals surface area (Å²) in [5, 5.41) is 6.70. The fourth-order valence-corrected chi connectivity index (χ4v) is 3.08. The molecule has 1 aromatic heterocycles. The van der Waals surface area contributed by atoms with Crippen LogP contribution in [0.2, 0.25) is 0 Å². The first-order valence-corrected chi connectivity index (χ1v) is 9.04. The van der Waals surface area contributed by atoms with Gasteiger partial charge in [-0.25, -0.2) is 0 Å². The highest BCUT2D eigenvalue weighted by Crippen LogP contribution is 2.21. The number of carbonyl (C=O) groups is 3. The minimum Gasteiger partial charge on any atom is -0.466 e. The number of carbonyl (C=O) groups excluding carboxylic acids is 3. The summed E-state index contributed by atoms with van der Waals surface area (Å²) in [6, 6.07) is 0. The van der Waals surface area contributed by atoms with Crippen molar-refractivity contribution < 1.29 is 19.1 Å². The number of aromatic amines is 1. The third-order valence-corrected chi connectivity index (χ3v) is 5.23. The van der Waals surface area contributed by atoms with E-state index in [-0.39, 0.29) is 35.9 Å². The van der Waals surface area contributed by atoms with Crippen LogP contribution in [0.15, 0.2) is 4.47 Å². The van der Waals surface area contributed by atoms with Crippen molar-refractivity contribution in [2.45, 2.75) is 26.7 Å². The smallest absolute Gasteiger partial charge is 0.309 e. The van der Waals surface area contributed by atoms with Gasteiger partial charge in [-0.1, -0.05) is 0 Å². The number of amides is 2. The number of likely N-dealkylation sites (tertiary alicyclic amines) is 1. The average molecular weight is 415 g/mol. The maximum atomic E-state index is 12.4. The molecule has 2 rings (SSSR count). The lowest BCUT2D eigenvalue weighted by molar-refractivity contribution is -0.151. The van der Waals surface area contributed by atoms with Gasteiger partial charge in [-0.3, -0.25) is 19.5 Å². The zero-order valence-electron chi connectivity index (χ0n) is 14.7. The predicted octanol–water partition coefficient (Wildman–Crippen LogP) is 1.35. The second-order valence-corrected chi connectivity index (χ2v) is 6.87. The van der Waals surface area contributed by atoms with Crippen LogP contribution in [0.4, 0.5) is 0 Å². The zero-order valence-corrected chi connectivity index (χ0v) is 16.3. The number of aryl methyl sites for hydroxylation is 1. The molecule has 25 heavy (non-hydrogen) atoms. The van der Waals surface area contributed by atoms with Gasteiger partial charge in [-0.05, 0) is 42.6 Å². The quantitative estimate of drug-likeness (QED) is 0.733. The van der Waals surface area contributed by atoms with E-state index in [1.165, 1.54) is 4.90 Å². The van der Waals surface area contributed by atoms with E-state index in [2.05, 4.69) is 26.1 Å². The van der Waals surface area contributed by atoms with E-state index in [0.29, 0.717) is 37.0 Å². The summed E-state index contributed by atoms with van der Waals surface area (Å²) in [6.45, 7) is 4.91. The Morgan fingerprint density at radius 3 is 2.52 bits per heavy atom. The summed E-state index contributed by atoms with van der Waals surface area (Å²) in [7, 11) is 1.57. The summed E-state index contributed by atoms with van der Waals surface area (Å²) in [6.07, 6.45) is 1.18. The molecule has 0 radical (unpaired) electrons. The minimum absolute atomic E-state index is 0.0265. The number of H-pyrrole nitrogens is 1. The van der Waals surface area contributed by atoms with Crippen molar-refractivity contribution in [3.63, 3.8) is 0 Å². The molecule has 0 unspecified atom stereocenters. The Balaban J connectivity index is 1.87. The van der Waals surface area contributed by atoms with Crippen LogP contribution >= 0.6 is 15.9 Å². The van der Waals surface area contributed by atoms with Gasteiger partial charge in [-0.2, -0.15) is 5.10 Å². The van der Waals surface area contributed by atoms with Crippen molar-refractivity contribution in [3.8, 4) is 0 Å². The summed E-state index contributed by atoms with van der Waals surface area (Å²) < 4.78 is 5.63. The van der Waals surface area contributed by atoms with Crippen LogP contribution in [-0.4, -0.2) is 71.1 Å². The highest BCUT2D eigenvalue weighted by Gasteiger charge is 2.29. The van der Waals surface area contributed by atoms with Crippen molar-refractivity contribution in [3.05, 3.63) is 15.9 Å². The molecule has 9 heteroatoms. The molecule has 1 fully saturated rings. The number of likely N-dealkylation sites (N-methyl/N-ethyl adjacent to an activating group) is 1. The van der Waals surface area contributed by atoms with E-state index in [1.54, 1.807) is 25.8 Å². The first-order chi connectivity index (χ1) is 11.8. The lowest BCUT2D eigenvalue weighted by Crippen LogP contribution is -2.45. The molecule has 1 saturated heterocycles. The van der Waals surface area contributed by atoms with Crippen LogP contribution in [0.1, 0.15) is 35.9 Å². The summed E-state index contributed by atoms with van der Waals surface area (Å²) >= 11 is 3.31. The number of aromatic nitrogens is 2. The molecule has 1 aliphatic rings. The number of nitrogens with one attached hydrogen (secondary N) is 1. The lowest BCUT2D eigenvalue weighted by Gasteiger charge is -2.32. The van der Waals surface area contributed by atoms with E-state index in [1.807, 2.05) is 0 Å². The third kappa shape index (κ3) is 4.59. The summed E-state index contributed by atoms with van der Waals surface area (Å²) in [5.74, 6) is -0.806. The molecule has 138 valence electrons. The van der Waals surface area contributed by atoms with Crippen LogP contribution in [0.5, 0.6) is 0 Å². The lowest BCUT2D eigenvalue weighted by atomic mass is 9.97. The van der Waals surface area contributed by atoms with Crippen LogP contribution in [0.3, 0.4) is 0 Å². The molecular formula is C16H23BrN4O4. The van der Waals surface area contributed by atoms with Crippen molar-refractivity contribution in [2.24, 2.45) is 5.92 Å². The Morgan fingerprint density at radius 2 is 2.00 bits per heavy atom. The van der Waals surface area contributed by atoms with Crippen LogP contribution in [0.25, 0.3) is 0 Å². The molecule has 0 aromatic carbocycles. The highest BCUT2D eigenvalue weighted by atomic mass is 79.9. The van der Waals surface area contributed by atoms with E-state index < -0.39 is 0 Å². The largest absolute Gasteiger partial charge is 0.466 e. The molecular weight excluding hydrogens is 392 g/mol. The van der Waals surface area contributed by atoms with E-state index in [9.17, 15) is 14.4 Å². The van der Waals surface area contributed by atoms with Gasteiger partial charge in [0.2, 0.25) is 5.91 Å². The second kappa shape index (κ2) is 8.46. The molecule has 8 nitrogen and oxygen atoms in total. The number of esters is 1. The molecule has 0 saturated carbocycles. The number of nitrogens with zero attached hydrogens (tertiary/aromatic N) is 3. The fraction of sp³-hybridized carbons (Fsp3) is 0.625. The highest BCUT2D eigenvalue weighted by molar-refractivity contribution is 9.10. The molecule has 2 amide bonds. The van der Waals surface area contributed by atoms with Gasteiger partial charge in [0, 0.05) is 25.8 Å². The SMILES string of the molecule is CCOC(=O)C1CCN(C(=O)CN(C)C(=O)c2n[nH]c(C)c2Br)CC1. The van der Waals surface area contributed by atoms with E-state index in [4.69, 9.17) is 4.74 Å². The van der Waals surface area contributed by atoms with E-state index in [0.717, 1.165) is 5.69 Å². The molecule has 1 aromatic rings. The zero-order chi connectivity index (χ0) is 18.6. The Kier molecular flexibility index (Phi) is 6.57. The monoisotopic (exact) mass is 414 g/mol. The van der Waals surface area contributed by atoms with Crippen LogP contribution in [-0.2, 0) is 14.3 Å². The number of hydrogen-bond donors (Lipinski definition) is 1. The Morgan fingerprint density at radius 1 is 1.36 bits per heavy atom. The molecule has 0 aliphatic carbocycles. The topological polar surface area (TPSA) is 95.6 Å². The van der Waals surface area contributed by atoms with Gasteiger partial charge in [-0.15, -0.1) is 0 Å². The van der Waals surface area contributed by atoms with Crippen molar-refractivity contribution in [1.82, 2.24) is 20.0 Å². The van der Waals surface area contributed by atoms with Gasteiger partial charge in [0.25, 0.3) is 5.91 Å².